The second-order valence-electron chi connectivity index (χ2n) is 6.75. The van der Waals surface area contributed by atoms with Gasteiger partial charge >= 0.3 is 6.09 Å². The Hall–Kier alpha value is -2.39. The summed E-state index contributed by atoms with van der Waals surface area (Å²) < 4.78 is 6.20. The van der Waals surface area contributed by atoms with E-state index < -0.39 is 18.2 Å². The Morgan fingerprint density at radius 2 is 2.11 bits per heavy atom. The van der Waals surface area contributed by atoms with Gasteiger partial charge in [-0.3, -0.25) is 4.79 Å². The van der Waals surface area contributed by atoms with E-state index in [1.807, 2.05) is 24.3 Å². The first-order chi connectivity index (χ1) is 13.4. The van der Waals surface area contributed by atoms with E-state index in [1.165, 1.54) is 7.11 Å². The molecule has 8 nitrogen and oxygen atoms in total. The van der Waals surface area contributed by atoms with E-state index in [-0.39, 0.29) is 11.9 Å². The number of nitrogens with zero attached hydrogens (tertiary/aromatic N) is 2. The molecule has 9 heteroatoms. The highest BCUT2D eigenvalue weighted by Crippen LogP contribution is 2.32. The minimum absolute atomic E-state index is 0.223. The Kier molecular flexibility index (Phi) is 6.35. The van der Waals surface area contributed by atoms with E-state index in [4.69, 9.17) is 9.84 Å². The van der Waals surface area contributed by atoms with Crippen LogP contribution in [-0.4, -0.2) is 57.8 Å². The van der Waals surface area contributed by atoms with Gasteiger partial charge in [-0.05, 0) is 37.5 Å². The molecular formula is C19H23BrN4O4. The fraction of sp³-hybridized carbons (Fsp3) is 0.421. The van der Waals surface area contributed by atoms with Gasteiger partial charge in [0.25, 0.3) is 0 Å². The van der Waals surface area contributed by atoms with Crippen molar-refractivity contribution in [1.29, 1.82) is 0 Å². The van der Waals surface area contributed by atoms with Gasteiger partial charge in [0.2, 0.25) is 5.91 Å². The normalized spacial score (nSPS) is 18.7. The van der Waals surface area contributed by atoms with Gasteiger partial charge in [0, 0.05) is 18.1 Å². The van der Waals surface area contributed by atoms with E-state index in [1.54, 1.807) is 18.0 Å². The molecule has 2 amide bonds. The molecule has 3 N–H and O–H groups in total. The summed E-state index contributed by atoms with van der Waals surface area (Å²) in [4.78, 5) is 33.7. The Bertz CT molecular complexity index is 839. The number of methoxy groups -OCH3 is 1. The van der Waals surface area contributed by atoms with Crippen molar-refractivity contribution in [3.8, 4) is 11.3 Å². The van der Waals surface area contributed by atoms with Crippen LogP contribution in [0, 0.1) is 0 Å². The average molecular weight is 451 g/mol. The minimum atomic E-state index is -1.26. The molecule has 0 aliphatic carbocycles. The fourth-order valence-electron chi connectivity index (χ4n) is 3.42. The zero-order valence-electron chi connectivity index (χ0n) is 15.7. The molecule has 0 bridgehead atoms. The average Bonchev–Trinajstić information content (AvgIpc) is 3.34. The lowest BCUT2D eigenvalue weighted by molar-refractivity contribution is -0.137. The van der Waals surface area contributed by atoms with Gasteiger partial charge in [0.1, 0.15) is 11.9 Å². The number of carboxylic acid groups (broad SMARTS) is 1. The molecule has 0 saturated carbocycles. The predicted molar refractivity (Wildman–Crippen MR) is 107 cm³/mol. The maximum atomic E-state index is 13.1. The van der Waals surface area contributed by atoms with Crippen LogP contribution in [0.1, 0.15) is 31.6 Å². The number of ether oxygens (including phenoxy) is 1. The van der Waals surface area contributed by atoms with E-state index in [2.05, 4.69) is 31.2 Å². The van der Waals surface area contributed by atoms with Crippen molar-refractivity contribution in [3.05, 3.63) is 40.8 Å². The highest BCUT2D eigenvalue weighted by Gasteiger charge is 2.38. The number of rotatable bonds is 6. The molecular weight excluding hydrogens is 428 g/mol. The summed E-state index contributed by atoms with van der Waals surface area (Å²) in [6, 6.07) is 6.67. The number of likely N-dealkylation sites (tertiary alicyclic amines) is 1. The van der Waals surface area contributed by atoms with Gasteiger partial charge < -0.3 is 25.0 Å². The first kappa shape index (κ1) is 20.3. The van der Waals surface area contributed by atoms with Crippen molar-refractivity contribution < 1.29 is 19.4 Å². The lowest BCUT2D eigenvalue weighted by atomic mass is 10.1. The Morgan fingerprint density at radius 3 is 2.75 bits per heavy atom. The summed E-state index contributed by atoms with van der Waals surface area (Å²) in [6.45, 7) is 2.22. The number of H-pyrrole nitrogens is 1. The van der Waals surface area contributed by atoms with Crippen molar-refractivity contribution in [2.75, 3.05) is 13.7 Å². The highest BCUT2D eigenvalue weighted by atomic mass is 79.9. The molecule has 3 rings (SSSR count). The number of carbonyl (C=O) groups excluding carboxylic acids is 1. The second kappa shape index (κ2) is 8.74. The zero-order valence-corrected chi connectivity index (χ0v) is 17.3. The molecule has 150 valence electrons. The summed E-state index contributed by atoms with van der Waals surface area (Å²) in [5.74, 6) is 0.392. The minimum Gasteiger partial charge on any atom is -0.465 e. The van der Waals surface area contributed by atoms with Crippen LogP contribution in [0.4, 0.5) is 4.79 Å². The zero-order chi connectivity index (χ0) is 20.3. The number of benzene rings is 1. The van der Waals surface area contributed by atoms with Crippen molar-refractivity contribution in [1.82, 2.24) is 20.2 Å². The van der Waals surface area contributed by atoms with Gasteiger partial charge in [-0.25, -0.2) is 9.78 Å². The molecule has 2 aromatic rings. The largest absolute Gasteiger partial charge is 0.465 e. The van der Waals surface area contributed by atoms with Crippen LogP contribution in [0.25, 0.3) is 11.3 Å². The van der Waals surface area contributed by atoms with Crippen molar-refractivity contribution >= 4 is 27.9 Å². The summed E-state index contributed by atoms with van der Waals surface area (Å²) in [7, 11) is 1.45. The number of nitrogens with one attached hydrogen (secondary N) is 2. The molecule has 2 heterocycles. The lowest BCUT2D eigenvalue weighted by Crippen LogP contribution is -2.53. The predicted octanol–water partition coefficient (Wildman–Crippen LogP) is 3.17. The number of aromatic nitrogens is 2. The Balaban J connectivity index is 1.81. The number of halogens is 1. The topological polar surface area (TPSA) is 108 Å². The summed E-state index contributed by atoms with van der Waals surface area (Å²) in [5.41, 5.74) is 1.86. The number of hydrogen-bond donors (Lipinski definition) is 3. The molecule has 1 fully saturated rings. The van der Waals surface area contributed by atoms with Gasteiger partial charge in [0.05, 0.1) is 24.0 Å². The number of imidazole rings is 1. The van der Waals surface area contributed by atoms with Crippen molar-refractivity contribution in [2.24, 2.45) is 0 Å². The molecule has 0 radical (unpaired) electrons. The Morgan fingerprint density at radius 1 is 1.39 bits per heavy atom. The van der Waals surface area contributed by atoms with Gasteiger partial charge in [-0.2, -0.15) is 0 Å². The molecule has 0 spiro atoms. The molecule has 1 aromatic heterocycles. The maximum Gasteiger partial charge on any atom is 0.405 e. The van der Waals surface area contributed by atoms with E-state index in [9.17, 15) is 9.59 Å². The van der Waals surface area contributed by atoms with Gasteiger partial charge in [0.15, 0.2) is 0 Å². The van der Waals surface area contributed by atoms with Crippen LogP contribution >= 0.6 is 15.9 Å². The third-order valence-electron chi connectivity index (χ3n) is 4.99. The van der Waals surface area contributed by atoms with Crippen LogP contribution < -0.4 is 5.32 Å². The summed E-state index contributed by atoms with van der Waals surface area (Å²) in [6.07, 6.45) is 1.50. The van der Waals surface area contributed by atoms with Gasteiger partial charge in [-0.15, -0.1) is 0 Å². The summed E-state index contributed by atoms with van der Waals surface area (Å²) in [5, 5.41) is 11.4. The lowest BCUT2D eigenvalue weighted by Gasteiger charge is -2.30. The molecule has 1 saturated heterocycles. The van der Waals surface area contributed by atoms with E-state index >= 15 is 0 Å². The molecule has 0 unspecified atom stereocenters. The van der Waals surface area contributed by atoms with E-state index in [0.717, 1.165) is 28.6 Å². The standard InChI is InChI=1S/C19H23BrN4O4/c1-11(28-2)16(23-19(26)27)18(25)24-9-3-4-15(24)17-21-10-14(22-17)12-5-7-13(20)8-6-12/h5-8,10-11,15-16,23H,3-4,9H2,1-2H3,(H,21,22)(H,26,27)/t11-,15+,16+/m1/s1. The molecule has 1 aliphatic rings. The maximum absolute atomic E-state index is 13.1. The van der Waals surface area contributed by atoms with Crippen LogP contribution in [-0.2, 0) is 9.53 Å². The monoisotopic (exact) mass is 450 g/mol. The fourth-order valence-corrected chi connectivity index (χ4v) is 3.69. The Labute approximate surface area is 171 Å². The smallest absolute Gasteiger partial charge is 0.405 e. The first-order valence-corrected chi connectivity index (χ1v) is 9.83. The third-order valence-corrected chi connectivity index (χ3v) is 5.52. The number of carbonyl (C=O) groups is 2. The highest BCUT2D eigenvalue weighted by molar-refractivity contribution is 9.10. The first-order valence-electron chi connectivity index (χ1n) is 9.04. The van der Waals surface area contributed by atoms with Crippen LogP contribution in [0.3, 0.4) is 0 Å². The molecule has 1 aliphatic heterocycles. The van der Waals surface area contributed by atoms with Crippen molar-refractivity contribution in [3.63, 3.8) is 0 Å². The second-order valence-corrected chi connectivity index (χ2v) is 7.66. The quantitative estimate of drug-likeness (QED) is 0.626. The van der Waals surface area contributed by atoms with Crippen LogP contribution in [0.5, 0.6) is 0 Å². The SMILES string of the molecule is CO[C@H](C)[C@H](NC(=O)O)C(=O)N1CCC[C@H]1c1ncc(-c2ccc(Br)cc2)[nH]1. The number of hydrogen-bond acceptors (Lipinski definition) is 4. The molecule has 1 aromatic carbocycles. The molecule has 3 atom stereocenters. The van der Waals surface area contributed by atoms with Crippen molar-refractivity contribution in [2.45, 2.75) is 38.0 Å². The number of aromatic amines is 1. The van der Waals surface area contributed by atoms with E-state index in [0.29, 0.717) is 12.4 Å². The number of amides is 2. The van der Waals surface area contributed by atoms with Crippen LogP contribution in [0.2, 0.25) is 0 Å². The third kappa shape index (κ3) is 4.36. The van der Waals surface area contributed by atoms with Gasteiger partial charge in [-0.1, -0.05) is 28.1 Å². The van der Waals surface area contributed by atoms with Crippen LogP contribution in [0.15, 0.2) is 34.9 Å². The molecule has 28 heavy (non-hydrogen) atoms. The summed E-state index contributed by atoms with van der Waals surface area (Å²) >= 11 is 3.42.